The van der Waals surface area contributed by atoms with Crippen molar-refractivity contribution in [1.29, 1.82) is 0 Å². The molecule has 0 atom stereocenters. The van der Waals surface area contributed by atoms with Crippen LogP contribution in [0.4, 0.5) is 13.2 Å². The van der Waals surface area contributed by atoms with Crippen molar-refractivity contribution in [3.8, 4) is 17.0 Å². The number of nitrogens with zero attached hydrogens (tertiary/aromatic N) is 1. The first kappa shape index (κ1) is 14.4. The van der Waals surface area contributed by atoms with E-state index in [1.54, 1.807) is 19.2 Å². The molecule has 5 heteroatoms. The molecule has 0 N–H and O–H groups in total. The highest BCUT2D eigenvalue weighted by atomic mass is 19.4. The first-order valence-electron chi connectivity index (χ1n) is 6.60. The van der Waals surface area contributed by atoms with Crippen molar-refractivity contribution in [3.05, 3.63) is 60.2 Å². The molecule has 22 heavy (non-hydrogen) atoms. The van der Waals surface area contributed by atoms with Crippen molar-refractivity contribution in [2.75, 3.05) is 7.11 Å². The fourth-order valence-electron chi connectivity index (χ4n) is 2.22. The van der Waals surface area contributed by atoms with Gasteiger partial charge in [-0.1, -0.05) is 18.2 Å². The Morgan fingerprint density at radius 1 is 0.909 bits per heavy atom. The molecule has 3 rings (SSSR count). The lowest BCUT2D eigenvalue weighted by Crippen LogP contribution is -2.04. The number of hydrogen-bond donors (Lipinski definition) is 0. The normalized spacial score (nSPS) is 11.6. The fourth-order valence-corrected chi connectivity index (χ4v) is 2.22. The highest BCUT2D eigenvalue weighted by Gasteiger charge is 2.29. The van der Waals surface area contributed by atoms with Crippen LogP contribution in [-0.4, -0.2) is 12.1 Å². The second-order valence-electron chi connectivity index (χ2n) is 4.83. The summed E-state index contributed by atoms with van der Waals surface area (Å²) < 4.78 is 42.9. The number of hydrogen-bond acceptors (Lipinski definition) is 2. The summed E-state index contributed by atoms with van der Waals surface area (Å²) in [6.45, 7) is 0. The molecule has 3 aromatic rings. The summed E-state index contributed by atoms with van der Waals surface area (Å²) in [7, 11) is 1.59. The maximum atomic E-state index is 12.6. The van der Waals surface area contributed by atoms with Crippen molar-refractivity contribution >= 4 is 10.9 Å². The zero-order valence-corrected chi connectivity index (χ0v) is 11.7. The van der Waals surface area contributed by atoms with Gasteiger partial charge in [0.1, 0.15) is 5.75 Å². The molecule has 112 valence electrons. The molecule has 0 unspecified atom stereocenters. The van der Waals surface area contributed by atoms with E-state index in [1.165, 1.54) is 12.1 Å². The van der Waals surface area contributed by atoms with E-state index in [2.05, 4.69) is 4.98 Å². The van der Waals surface area contributed by atoms with Crippen LogP contribution in [0.3, 0.4) is 0 Å². The predicted octanol–water partition coefficient (Wildman–Crippen LogP) is 4.93. The Morgan fingerprint density at radius 3 is 2.27 bits per heavy atom. The van der Waals surface area contributed by atoms with Gasteiger partial charge >= 0.3 is 6.18 Å². The summed E-state index contributed by atoms with van der Waals surface area (Å²) in [6, 6.07) is 14.1. The molecule has 0 spiro atoms. The summed E-state index contributed by atoms with van der Waals surface area (Å²) >= 11 is 0. The van der Waals surface area contributed by atoms with Crippen LogP contribution in [-0.2, 0) is 6.18 Å². The number of alkyl halides is 3. The van der Waals surface area contributed by atoms with Crippen LogP contribution in [0.5, 0.6) is 5.75 Å². The van der Waals surface area contributed by atoms with Gasteiger partial charge in [0.15, 0.2) is 0 Å². The molecule has 0 saturated heterocycles. The van der Waals surface area contributed by atoms with Crippen LogP contribution in [0.25, 0.3) is 22.2 Å². The van der Waals surface area contributed by atoms with Gasteiger partial charge in [-0.05, 0) is 36.4 Å². The maximum Gasteiger partial charge on any atom is 0.416 e. The summed E-state index contributed by atoms with van der Waals surface area (Å²) in [5, 5.41) is 0.912. The molecule has 2 nitrogen and oxygen atoms in total. The van der Waals surface area contributed by atoms with Gasteiger partial charge < -0.3 is 4.74 Å². The van der Waals surface area contributed by atoms with Crippen molar-refractivity contribution in [2.45, 2.75) is 6.18 Å². The smallest absolute Gasteiger partial charge is 0.416 e. The minimum absolute atomic E-state index is 0.631. The third kappa shape index (κ3) is 2.74. The Balaban J connectivity index is 1.99. The van der Waals surface area contributed by atoms with Crippen LogP contribution < -0.4 is 4.74 Å². The lowest BCUT2D eigenvalue weighted by Gasteiger charge is -2.08. The molecule has 0 bridgehead atoms. The molecule has 0 aliphatic carbocycles. The minimum Gasteiger partial charge on any atom is -0.497 e. The number of rotatable bonds is 2. The third-order valence-electron chi connectivity index (χ3n) is 3.40. The lowest BCUT2D eigenvalue weighted by molar-refractivity contribution is -0.137. The number of ether oxygens (including phenoxy) is 1. The van der Waals surface area contributed by atoms with E-state index < -0.39 is 11.7 Å². The molecule has 0 saturated carbocycles. The van der Waals surface area contributed by atoms with Gasteiger partial charge in [0, 0.05) is 10.9 Å². The molecule has 0 fully saturated rings. The Kier molecular flexibility index (Phi) is 3.48. The number of benzene rings is 2. The Morgan fingerprint density at radius 2 is 1.64 bits per heavy atom. The van der Waals surface area contributed by atoms with Gasteiger partial charge in [0.2, 0.25) is 0 Å². The highest BCUT2D eigenvalue weighted by molar-refractivity contribution is 5.82. The summed E-state index contributed by atoms with van der Waals surface area (Å²) in [4.78, 5) is 4.48. The van der Waals surface area contributed by atoms with E-state index in [0.29, 0.717) is 11.3 Å². The summed E-state index contributed by atoms with van der Waals surface area (Å²) in [6.07, 6.45) is -4.33. The molecule has 2 aromatic carbocycles. The standard InChI is InChI=1S/C17H12F3NO/c1-22-14-7-9-16-12(10-14)4-8-15(21-16)11-2-5-13(6-3-11)17(18,19)20/h2-10H,1H3. The monoisotopic (exact) mass is 303 g/mol. The van der Waals surface area contributed by atoms with Gasteiger partial charge in [-0.3, -0.25) is 0 Å². The second-order valence-corrected chi connectivity index (χ2v) is 4.83. The quantitative estimate of drug-likeness (QED) is 0.669. The van der Waals surface area contributed by atoms with E-state index in [-0.39, 0.29) is 0 Å². The molecule has 0 radical (unpaired) electrons. The van der Waals surface area contributed by atoms with Gasteiger partial charge in [-0.2, -0.15) is 13.2 Å². The van der Waals surface area contributed by atoms with Crippen molar-refractivity contribution in [3.63, 3.8) is 0 Å². The van der Waals surface area contributed by atoms with Gasteiger partial charge in [0.05, 0.1) is 23.9 Å². The Hall–Kier alpha value is -2.56. The zero-order valence-electron chi connectivity index (χ0n) is 11.7. The SMILES string of the molecule is COc1ccc2nc(-c3ccc(C(F)(F)F)cc3)ccc2c1. The van der Waals surface area contributed by atoms with Gasteiger partial charge in [-0.25, -0.2) is 4.98 Å². The van der Waals surface area contributed by atoms with Crippen molar-refractivity contribution in [1.82, 2.24) is 4.98 Å². The van der Waals surface area contributed by atoms with E-state index in [0.717, 1.165) is 28.8 Å². The van der Waals surface area contributed by atoms with Crippen LogP contribution >= 0.6 is 0 Å². The lowest BCUT2D eigenvalue weighted by atomic mass is 10.1. The molecular formula is C17H12F3NO. The van der Waals surface area contributed by atoms with Crippen LogP contribution in [0.2, 0.25) is 0 Å². The maximum absolute atomic E-state index is 12.6. The Labute approximate surface area is 125 Å². The van der Waals surface area contributed by atoms with Crippen LogP contribution in [0, 0.1) is 0 Å². The van der Waals surface area contributed by atoms with Crippen molar-refractivity contribution < 1.29 is 17.9 Å². The topological polar surface area (TPSA) is 22.1 Å². The van der Waals surface area contributed by atoms with Crippen LogP contribution in [0.1, 0.15) is 5.56 Å². The molecule has 1 heterocycles. The first-order chi connectivity index (χ1) is 10.5. The summed E-state index contributed by atoms with van der Waals surface area (Å²) in [5.74, 6) is 0.733. The molecule has 1 aromatic heterocycles. The zero-order chi connectivity index (χ0) is 15.7. The van der Waals surface area contributed by atoms with E-state index >= 15 is 0 Å². The largest absolute Gasteiger partial charge is 0.497 e. The van der Waals surface area contributed by atoms with Gasteiger partial charge in [-0.15, -0.1) is 0 Å². The Bertz CT molecular complexity index is 810. The molecule has 0 amide bonds. The van der Waals surface area contributed by atoms with Crippen LogP contribution in [0.15, 0.2) is 54.6 Å². The van der Waals surface area contributed by atoms with Crippen molar-refractivity contribution in [2.24, 2.45) is 0 Å². The fraction of sp³-hybridized carbons (Fsp3) is 0.118. The molecule has 0 aliphatic heterocycles. The van der Waals surface area contributed by atoms with E-state index in [9.17, 15) is 13.2 Å². The number of aromatic nitrogens is 1. The second kappa shape index (κ2) is 5.33. The summed E-state index contributed by atoms with van der Waals surface area (Å²) in [5.41, 5.74) is 1.37. The molecule has 0 aliphatic rings. The third-order valence-corrected chi connectivity index (χ3v) is 3.40. The number of methoxy groups -OCH3 is 1. The average molecular weight is 303 g/mol. The number of halogens is 3. The van der Waals surface area contributed by atoms with Gasteiger partial charge in [0.25, 0.3) is 0 Å². The first-order valence-corrected chi connectivity index (χ1v) is 6.60. The number of fused-ring (bicyclic) bond motifs is 1. The van der Waals surface area contributed by atoms with E-state index in [4.69, 9.17) is 4.74 Å². The predicted molar refractivity (Wildman–Crippen MR) is 78.7 cm³/mol. The minimum atomic E-state index is -4.33. The average Bonchev–Trinajstić information content (AvgIpc) is 2.53. The number of pyridine rings is 1. The van der Waals surface area contributed by atoms with E-state index in [1.807, 2.05) is 18.2 Å². The molecular weight excluding hydrogens is 291 g/mol. The highest BCUT2D eigenvalue weighted by Crippen LogP contribution is 2.31.